The van der Waals surface area contributed by atoms with Gasteiger partial charge in [0.05, 0.1) is 6.04 Å². The van der Waals surface area contributed by atoms with E-state index in [-0.39, 0.29) is 18.1 Å². The van der Waals surface area contributed by atoms with Crippen molar-refractivity contribution in [1.29, 1.82) is 0 Å². The Morgan fingerprint density at radius 3 is 2.84 bits per heavy atom. The lowest BCUT2D eigenvalue weighted by Crippen LogP contribution is -2.44. The Balaban J connectivity index is 1.57. The molecule has 2 aromatic rings. The van der Waals surface area contributed by atoms with Crippen LogP contribution in [0.5, 0.6) is 0 Å². The van der Waals surface area contributed by atoms with E-state index in [4.69, 9.17) is 11.6 Å². The Hall–Kier alpha value is -2.08. The summed E-state index contributed by atoms with van der Waals surface area (Å²) in [6.07, 6.45) is 2.79. The van der Waals surface area contributed by atoms with Gasteiger partial charge in [0.2, 0.25) is 0 Å². The van der Waals surface area contributed by atoms with Crippen LogP contribution in [0.1, 0.15) is 44.3 Å². The number of urea groups is 1. The third-order valence-corrected chi connectivity index (χ3v) is 5.35. The molecular formula is C18H22ClN5O. The summed E-state index contributed by atoms with van der Waals surface area (Å²) in [6.45, 7) is 5.03. The summed E-state index contributed by atoms with van der Waals surface area (Å²) in [5.74, 6) is 2.33. The second kappa shape index (κ2) is 6.33. The number of hydrogen-bond acceptors (Lipinski definition) is 3. The molecule has 132 valence electrons. The first-order chi connectivity index (χ1) is 12.0. The van der Waals surface area contributed by atoms with Gasteiger partial charge >= 0.3 is 6.03 Å². The van der Waals surface area contributed by atoms with Gasteiger partial charge in [-0.1, -0.05) is 31.5 Å². The molecule has 0 unspecified atom stereocenters. The molecule has 2 amide bonds. The summed E-state index contributed by atoms with van der Waals surface area (Å²) in [5.41, 5.74) is 0.725. The van der Waals surface area contributed by atoms with Crippen molar-refractivity contribution in [2.75, 3.05) is 5.32 Å². The van der Waals surface area contributed by atoms with E-state index in [1.807, 2.05) is 17.0 Å². The largest absolute Gasteiger partial charge is 0.322 e. The number of hydrogen-bond donors (Lipinski definition) is 1. The molecule has 0 radical (unpaired) electrons. The summed E-state index contributed by atoms with van der Waals surface area (Å²) in [5, 5.41) is 12.4. The number of benzene rings is 1. The smallest absolute Gasteiger partial charge is 0.316 e. The Morgan fingerprint density at radius 2 is 2.08 bits per heavy atom. The van der Waals surface area contributed by atoms with Gasteiger partial charge in [0.15, 0.2) is 0 Å². The average molecular weight is 360 g/mol. The fraction of sp³-hybridized carbons (Fsp3) is 0.500. The van der Waals surface area contributed by atoms with Crippen molar-refractivity contribution < 1.29 is 4.79 Å². The molecule has 1 N–H and O–H groups in total. The van der Waals surface area contributed by atoms with Crippen molar-refractivity contribution in [2.24, 2.45) is 0 Å². The highest BCUT2D eigenvalue weighted by atomic mass is 35.5. The van der Waals surface area contributed by atoms with Crippen LogP contribution in [-0.2, 0) is 13.0 Å². The monoisotopic (exact) mass is 359 g/mol. The normalized spacial score (nSPS) is 22.0. The van der Waals surface area contributed by atoms with Crippen molar-refractivity contribution in [3.05, 3.63) is 40.9 Å². The summed E-state index contributed by atoms with van der Waals surface area (Å²) < 4.78 is 2.22. The van der Waals surface area contributed by atoms with Crippen molar-refractivity contribution in [3.63, 3.8) is 0 Å². The van der Waals surface area contributed by atoms with Crippen LogP contribution in [0.4, 0.5) is 10.5 Å². The maximum absolute atomic E-state index is 12.9. The highest BCUT2D eigenvalue weighted by molar-refractivity contribution is 6.30. The molecule has 4 rings (SSSR count). The number of carbonyl (C=O) groups excluding carboxylic acids is 1. The van der Waals surface area contributed by atoms with Gasteiger partial charge in [0.1, 0.15) is 11.6 Å². The predicted octanol–water partition coefficient (Wildman–Crippen LogP) is 3.68. The van der Waals surface area contributed by atoms with Gasteiger partial charge in [0.25, 0.3) is 0 Å². The SMILES string of the molecule is CC(C)c1nnc2n1C[C@H]1CC[C@@H](C2)N1C(=O)Nc1cccc(Cl)c1. The number of aromatic nitrogens is 3. The third-order valence-electron chi connectivity index (χ3n) is 5.11. The number of halogens is 1. The van der Waals surface area contributed by atoms with E-state index in [9.17, 15) is 4.79 Å². The minimum absolute atomic E-state index is 0.0559. The van der Waals surface area contributed by atoms with Gasteiger partial charge in [-0.25, -0.2) is 4.79 Å². The number of fused-ring (bicyclic) bond motifs is 3. The topological polar surface area (TPSA) is 63.1 Å². The molecule has 2 atom stereocenters. The maximum atomic E-state index is 12.9. The number of amides is 2. The van der Waals surface area contributed by atoms with Gasteiger partial charge in [0, 0.05) is 35.6 Å². The van der Waals surface area contributed by atoms with Crippen molar-refractivity contribution in [2.45, 2.75) is 57.7 Å². The minimum Gasteiger partial charge on any atom is -0.316 e. The van der Waals surface area contributed by atoms with Crippen molar-refractivity contribution >= 4 is 23.3 Å². The summed E-state index contributed by atoms with van der Waals surface area (Å²) in [7, 11) is 0. The molecule has 0 saturated carbocycles. The Labute approximate surface area is 152 Å². The van der Waals surface area contributed by atoms with Crippen LogP contribution >= 0.6 is 11.6 Å². The van der Waals surface area contributed by atoms with E-state index in [1.54, 1.807) is 12.1 Å². The van der Waals surface area contributed by atoms with E-state index >= 15 is 0 Å². The summed E-state index contributed by atoms with van der Waals surface area (Å²) in [4.78, 5) is 14.9. The molecule has 0 spiro atoms. The standard InChI is InChI=1S/C18H22ClN5O/c1-11(2)17-22-21-16-9-14-6-7-15(10-23(16)17)24(14)18(25)20-13-5-3-4-12(19)8-13/h3-5,8,11,14-15H,6-7,9-10H2,1-2H3,(H,20,25)/t14-,15+/m0/s1. The molecule has 1 aromatic carbocycles. The Bertz CT molecular complexity index is 803. The van der Waals surface area contributed by atoms with Gasteiger partial charge in [-0.3, -0.25) is 0 Å². The molecule has 2 aliphatic rings. The van der Waals surface area contributed by atoms with Gasteiger partial charge < -0.3 is 14.8 Å². The first kappa shape index (κ1) is 16.4. The zero-order chi connectivity index (χ0) is 17.6. The van der Waals surface area contributed by atoms with Crippen LogP contribution < -0.4 is 5.32 Å². The van der Waals surface area contributed by atoms with Gasteiger partial charge in [-0.05, 0) is 31.0 Å². The number of anilines is 1. The van der Waals surface area contributed by atoms with E-state index < -0.39 is 0 Å². The first-order valence-electron chi connectivity index (χ1n) is 8.80. The minimum atomic E-state index is -0.0559. The van der Waals surface area contributed by atoms with Crippen LogP contribution in [0.25, 0.3) is 0 Å². The number of nitrogens with zero attached hydrogens (tertiary/aromatic N) is 4. The fourth-order valence-electron chi connectivity index (χ4n) is 3.97. The lowest BCUT2D eigenvalue weighted by atomic mass is 10.1. The highest BCUT2D eigenvalue weighted by Crippen LogP contribution is 2.33. The predicted molar refractivity (Wildman–Crippen MR) is 96.9 cm³/mol. The van der Waals surface area contributed by atoms with E-state index in [0.717, 1.165) is 43.1 Å². The van der Waals surface area contributed by atoms with Crippen LogP contribution in [0, 0.1) is 0 Å². The first-order valence-corrected chi connectivity index (χ1v) is 9.17. The summed E-state index contributed by atoms with van der Waals surface area (Å²) >= 11 is 6.02. The number of rotatable bonds is 2. The van der Waals surface area contributed by atoms with Crippen molar-refractivity contribution in [1.82, 2.24) is 19.7 Å². The van der Waals surface area contributed by atoms with Gasteiger partial charge in [-0.15, -0.1) is 10.2 Å². The van der Waals surface area contributed by atoms with E-state index in [0.29, 0.717) is 10.9 Å². The molecule has 1 aromatic heterocycles. The highest BCUT2D eigenvalue weighted by Gasteiger charge is 2.41. The van der Waals surface area contributed by atoms with E-state index in [2.05, 4.69) is 33.9 Å². The average Bonchev–Trinajstić information content (AvgIpc) is 3.07. The Morgan fingerprint density at radius 1 is 1.28 bits per heavy atom. The molecular weight excluding hydrogens is 338 g/mol. The van der Waals surface area contributed by atoms with Crippen LogP contribution in [0.2, 0.25) is 5.02 Å². The zero-order valence-electron chi connectivity index (χ0n) is 14.4. The van der Waals surface area contributed by atoms with Crippen LogP contribution in [0.15, 0.2) is 24.3 Å². The molecule has 7 heteroatoms. The fourth-order valence-corrected chi connectivity index (χ4v) is 4.16. The Kier molecular flexibility index (Phi) is 4.15. The zero-order valence-corrected chi connectivity index (χ0v) is 15.2. The molecule has 1 saturated heterocycles. The van der Waals surface area contributed by atoms with Gasteiger partial charge in [-0.2, -0.15) is 0 Å². The lowest BCUT2D eigenvalue weighted by molar-refractivity contribution is 0.184. The molecule has 1 fully saturated rings. The molecule has 2 aliphatic heterocycles. The van der Waals surface area contributed by atoms with Crippen LogP contribution in [0.3, 0.4) is 0 Å². The number of nitrogens with one attached hydrogen (secondary N) is 1. The molecule has 25 heavy (non-hydrogen) atoms. The quantitative estimate of drug-likeness (QED) is 0.889. The molecule has 0 aliphatic carbocycles. The second-order valence-electron chi connectivity index (χ2n) is 7.18. The molecule has 2 bridgehead atoms. The summed E-state index contributed by atoms with van der Waals surface area (Å²) in [6, 6.07) is 7.56. The molecule has 3 heterocycles. The molecule has 6 nitrogen and oxygen atoms in total. The number of carbonyl (C=O) groups is 1. The second-order valence-corrected chi connectivity index (χ2v) is 7.61. The lowest BCUT2D eigenvalue weighted by Gasteiger charge is -2.28. The third kappa shape index (κ3) is 2.99. The van der Waals surface area contributed by atoms with Crippen LogP contribution in [-0.4, -0.2) is 37.8 Å². The van der Waals surface area contributed by atoms with Crippen molar-refractivity contribution in [3.8, 4) is 0 Å². The maximum Gasteiger partial charge on any atom is 0.322 e. The van der Waals surface area contributed by atoms with E-state index in [1.165, 1.54) is 0 Å².